The summed E-state index contributed by atoms with van der Waals surface area (Å²) in [4.78, 5) is 43.6. The second-order valence-electron chi connectivity index (χ2n) is 3.71. The third-order valence-corrected chi connectivity index (χ3v) is 2.08. The molecule has 0 aliphatic carbocycles. The van der Waals surface area contributed by atoms with Crippen molar-refractivity contribution in [2.45, 2.75) is 25.8 Å². The lowest BCUT2D eigenvalue weighted by Crippen LogP contribution is -2.45. The first-order valence-electron chi connectivity index (χ1n) is 5.02. The van der Waals surface area contributed by atoms with Crippen LogP contribution in [0.5, 0.6) is 0 Å². The standard InChI is InChI=1S/C9H15N3O6/c1-4(2-7(14)12-18)8(15)11-5(9(16)17)3-6(10)13/h4-5,18H,2-3H2,1H3,(H2,10,13)(H,11,15)(H,12,14)(H,16,17)/t4?,5-/m0/s1. The van der Waals surface area contributed by atoms with Gasteiger partial charge in [-0.05, 0) is 0 Å². The van der Waals surface area contributed by atoms with Gasteiger partial charge >= 0.3 is 5.97 Å². The zero-order valence-corrected chi connectivity index (χ0v) is 9.67. The number of rotatable bonds is 7. The highest BCUT2D eigenvalue weighted by molar-refractivity contribution is 5.90. The highest BCUT2D eigenvalue weighted by Crippen LogP contribution is 2.03. The summed E-state index contributed by atoms with van der Waals surface area (Å²) < 4.78 is 0. The van der Waals surface area contributed by atoms with Crippen molar-refractivity contribution in [2.75, 3.05) is 0 Å². The Hall–Kier alpha value is -2.16. The van der Waals surface area contributed by atoms with Crippen molar-refractivity contribution in [2.24, 2.45) is 11.7 Å². The van der Waals surface area contributed by atoms with Crippen molar-refractivity contribution in [1.29, 1.82) is 0 Å². The van der Waals surface area contributed by atoms with Gasteiger partial charge in [-0.3, -0.25) is 19.6 Å². The van der Waals surface area contributed by atoms with Crippen LogP contribution in [0.15, 0.2) is 0 Å². The predicted octanol–water partition coefficient (Wildman–Crippen LogP) is -2.04. The molecule has 0 aliphatic heterocycles. The maximum absolute atomic E-state index is 11.5. The quantitative estimate of drug-likeness (QED) is 0.262. The van der Waals surface area contributed by atoms with Crippen LogP contribution in [0.25, 0.3) is 0 Å². The molecular weight excluding hydrogens is 246 g/mol. The minimum Gasteiger partial charge on any atom is -0.480 e. The Kier molecular flexibility index (Phi) is 6.35. The van der Waals surface area contributed by atoms with E-state index in [0.29, 0.717) is 0 Å². The lowest BCUT2D eigenvalue weighted by molar-refractivity contribution is -0.144. The molecule has 1 unspecified atom stereocenters. The Balaban J connectivity index is 4.45. The highest BCUT2D eigenvalue weighted by atomic mass is 16.5. The third-order valence-electron chi connectivity index (χ3n) is 2.08. The van der Waals surface area contributed by atoms with E-state index in [1.807, 2.05) is 0 Å². The molecule has 2 atom stereocenters. The summed E-state index contributed by atoms with van der Waals surface area (Å²) in [5.41, 5.74) is 6.18. The second-order valence-corrected chi connectivity index (χ2v) is 3.71. The van der Waals surface area contributed by atoms with Gasteiger partial charge in [0, 0.05) is 12.3 Å². The van der Waals surface area contributed by atoms with Crippen LogP contribution in [0.4, 0.5) is 0 Å². The van der Waals surface area contributed by atoms with Gasteiger partial charge in [0.15, 0.2) is 0 Å². The van der Waals surface area contributed by atoms with Gasteiger partial charge in [0.1, 0.15) is 6.04 Å². The molecule has 0 fully saturated rings. The summed E-state index contributed by atoms with van der Waals surface area (Å²) in [6.45, 7) is 1.37. The number of carbonyl (C=O) groups excluding carboxylic acids is 3. The van der Waals surface area contributed by atoms with E-state index in [0.717, 1.165) is 0 Å². The molecule has 0 spiro atoms. The van der Waals surface area contributed by atoms with Crippen LogP contribution in [0.2, 0.25) is 0 Å². The molecule has 3 amide bonds. The molecule has 0 saturated carbocycles. The smallest absolute Gasteiger partial charge is 0.326 e. The first kappa shape index (κ1) is 15.8. The van der Waals surface area contributed by atoms with Gasteiger partial charge in [-0.25, -0.2) is 10.3 Å². The van der Waals surface area contributed by atoms with Crippen molar-refractivity contribution in [3.63, 3.8) is 0 Å². The predicted molar refractivity (Wildman–Crippen MR) is 57.1 cm³/mol. The number of hydrogen-bond acceptors (Lipinski definition) is 5. The van der Waals surface area contributed by atoms with E-state index in [1.54, 1.807) is 0 Å². The maximum atomic E-state index is 11.5. The number of primary amides is 1. The van der Waals surface area contributed by atoms with Crippen LogP contribution in [0.3, 0.4) is 0 Å². The van der Waals surface area contributed by atoms with Crippen LogP contribution < -0.4 is 16.5 Å². The molecule has 0 aliphatic rings. The summed E-state index contributed by atoms with van der Waals surface area (Å²) in [5.74, 6) is -4.64. The van der Waals surface area contributed by atoms with Crippen LogP contribution in [0, 0.1) is 5.92 Å². The Labute approximate surface area is 102 Å². The fraction of sp³-hybridized carbons (Fsp3) is 0.556. The second kappa shape index (κ2) is 7.22. The lowest BCUT2D eigenvalue weighted by atomic mass is 10.1. The van der Waals surface area contributed by atoms with Crippen molar-refractivity contribution < 1.29 is 29.5 Å². The number of nitrogens with one attached hydrogen (secondary N) is 2. The highest BCUT2D eigenvalue weighted by Gasteiger charge is 2.25. The Morgan fingerprint density at radius 2 is 1.78 bits per heavy atom. The van der Waals surface area contributed by atoms with Gasteiger partial charge in [-0.1, -0.05) is 6.92 Å². The van der Waals surface area contributed by atoms with Crippen molar-refractivity contribution in [3.8, 4) is 0 Å². The van der Waals surface area contributed by atoms with Crippen LogP contribution in [-0.2, 0) is 19.2 Å². The zero-order chi connectivity index (χ0) is 14.3. The minimum absolute atomic E-state index is 0.314. The molecule has 0 rings (SSSR count). The lowest BCUT2D eigenvalue weighted by Gasteiger charge is -2.16. The molecule has 102 valence electrons. The molecule has 0 aromatic heterocycles. The Morgan fingerprint density at radius 3 is 2.17 bits per heavy atom. The Bertz CT molecular complexity index is 356. The number of hydrogen-bond donors (Lipinski definition) is 5. The molecule has 0 aromatic carbocycles. The molecule has 0 heterocycles. The molecule has 6 N–H and O–H groups in total. The van der Waals surface area contributed by atoms with E-state index in [4.69, 9.17) is 16.0 Å². The molecular formula is C9H15N3O6. The monoisotopic (exact) mass is 261 g/mol. The summed E-state index contributed by atoms with van der Waals surface area (Å²) in [7, 11) is 0. The number of hydroxylamine groups is 1. The van der Waals surface area contributed by atoms with Crippen LogP contribution in [-0.4, -0.2) is 40.0 Å². The summed E-state index contributed by atoms with van der Waals surface area (Å²) in [6, 6.07) is -1.44. The SMILES string of the molecule is CC(CC(=O)NO)C(=O)N[C@@H](CC(N)=O)C(=O)O. The van der Waals surface area contributed by atoms with E-state index >= 15 is 0 Å². The van der Waals surface area contributed by atoms with Gasteiger partial charge in [0.05, 0.1) is 6.42 Å². The van der Waals surface area contributed by atoms with Gasteiger partial charge in [-0.15, -0.1) is 0 Å². The molecule has 18 heavy (non-hydrogen) atoms. The summed E-state index contributed by atoms with van der Waals surface area (Å²) >= 11 is 0. The molecule has 0 aromatic rings. The number of amides is 3. The number of carboxylic acid groups (broad SMARTS) is 1. The topological polar surface area (TPSA) is 159 Å². The number of nitrogens with two attached hydrogens (primary N) is 1. The minimum atomic E-state index is -1.44. The first-order chi connectivity index (χ1) is 8.27. The van der Waals surface area contributed by atoms with Crippen molar-refractivity contribution in [1.82, 2.24) is 10.8 Å². The summed E-state index contributed by atoms with van der Waals surface area (Å²) in [6.07, 6.45) is -0.856. The molecule has 9 heteroatoms. The van der Waals surface area contributed by atoms with Crippen LogP contribution >= 0.6 is 0 Å². The Morgan fingerprint density at radius 1 is 1.22 bits per heavy atom. The number of aliphatic carboxylic acids is 1. The van der Waals surface area contributed by atoms with E-state index in [9.17, 15) is 19.2 Å². The van der Waals surface area contributed by atoms with Gasteiger partial charge in [-0.2, -0.15) is 0 Å². The normalized spacial score (nSPS) is 13.2. The van der Waals surface area contributed by atoms with E-state index in [-0.39, 0.29) is 6.42 Å². The number of carbonyl (C=O) groups is 4. The van der Waals surface area contributed by atoms with Gasteiger partial charge in [0.25, 0.3) is 0 Å². The van der Waals surface area contributed by atoms with E-state index < -0.39 is 42.1 Å². The average molecular weight is 261 g/mol. The van der Waals surface area contributed by atoms with E-state index in [2.05, 4.69) is 5.32 Å². The van der Waals surface area contributed by atoms with E-state index in [1.165, 1.54) is 12.4 Å². The van der Waals surface area contributed by atoms with Crippen molar-refractivity contribution in [3.05, 3.63) is 0 Å². The molecule has 0 bridgehead atoms. The zero-order valence-electron chi connectivity index (χ0n) is 9.67. The molecule has 0 saturated heterocycles. The van der Waals surface area contributed by atoms with Gasteiger partial charge in [0.2, 0.25) is 17.7 Å². The van der Waals surface area contributed by atoms with Gasteiger partial charge < -0.3 is 16.2 Å². The van der Waals surface area contributed by atoms with Crippen molar-refractivity contribution >= 4 is 23.7 Å². The average Bonchev–Trinajstić information content (AvgIpc) is 2.26. The fourth-order valence-electron chi connectivity index (χ4n) is 1.13. The molecule has 9 nitrogen and oxygen atoms in total. The summed E-state index contributed by atoms with van der Waals surface area (Å²) in [5, 5.41) is 19.1. The van der Waals surface area contributed by atoms with Crippen LogP contribution in [0.1, 0.15) is 19.8 Å². The largest absolute Gasteiger partial charge is 0.480 e. The first-order valence-corrected chi connectivity index (χ1v) is 5.02. The fourth-order valence-corrected chi connectivity index (χ4v) is 1.13. The maximum Gasteiger partial charge on any atom is 0.326 e. The number of carboxylic acids is 1. The third kappa shape index (κ3) is 5.80. The molecule has 0 radical (unpaired) electrons.